The van der Waals surface area contributed by atoms with Crippen LogP contribution in [-0.4, -0.2) is 24.2 Å². The van der Waals surface area contributed by atoms with Crippen LogP contribution < -0.4 is 5.32 Å². The normalized spacial score (nSPS) is 11.6. The average Bonchev–Trinajstić information content (AvgIpc) is 2.56. The Morgan fingerprint density at radius 3 is 2.13 bits per heavy atom. The zero-order valence-corrected chi connectivity index (χ0v) is 15.1. The number of hydrogen-bond acceptors (Lipinski definition) is 2. The van der Waals surface area contributed by atoms with Crippen LogP contribution in [0.4, 0.5) is 0 Å². The summed E-state index contributed by atoms with van der Waals surface area (Å²) in [6.45, 7) is 2.64. The number of aliphatic hydroxyl groups is 1. The highest BCUT2D eigenvalue weighted by atomic mass is 16.3. The van der Waals surface area contributed by atoms with Crippen molar-refractivity contribution in [3.8, 4) is 0 Å². The molecule has 0 aliphatic heterocycles. The Morgan fingerprint density at radius 2 is 1.48 bits per heavy atom. The fourth-order valence-corrected chi connectivity index (χ4v) is 2.38. The first-order chi connectivity index (χ1) is 11.3. The Kier molecular flexibility index (Phi) is 18.1. The van der Waals surface area contributed by atoms with Gasteiger partial charge in [-0.15, -0.1) is 0 Å². The number of carbonyl (C=O) groups is 1. The summed E-state index contributed by atoms with van der Waals surface area (Å²) >= 11 is 0. The fourth-order valence-electron chi connectivity index (χ4n) is 2.38. The SMILES string of the molecule is CCCCCCCC/C=C\C/C=C\CCCCC(=O)NCCO. The van der Waals surface area contributed by atoms with Crippen LogP contribution in [0.1, 0.15) is 84.0 Å². The maximum Gasteiger partial charge on any atom is 0.220 e. The van der Waals surface area contributed by atoms with Crippen molar-refractivity contribution < 1.29 is 9.90 Å². The second-order valence-electron chi connectivity index (χ2n) is 6.05. The molecule has 0 bridgehead atoms. The molecule has 0 radical (unpaired) electrons. The van der Waals surface area contributed by atoms with E-state index < -0.39 is 0 Å². The summed E-state index contributed by atoms with van der Waals surface area (Å²) < 4.78 is 0. The molecule has 1 amide bonds. The van der Waals surface area contributed by atoms with E-state index >= 15 is 0 Å². The minimum atomic E-state index is 0.0147. The van der Waals surface area contributed by atoms with E-state index in [1.54, 1.807) is 0 Å². The van der Waals surface area contributed by atoms with E-state index in [1.165, 1.54) is 44.9 Å². The number of nitrogens with one attached hydrogen (secondary N) is 1. The topological polar surface area (TPSA) is 49.3 Å². The van der Waals surface area contributed by atoms with Crippen LogP contribution in [0.5, 0.6) is 0 Å². The molecule has 134 valence electrons. The van der Waals surface area contributed by atoms with Crippen molar-refractivity contribution in [2.75, 3.05) is 13.2 Å². The molecule has 0 aromatic heterocycles. The summed E-state index contributed by atoms with van der Waals surface area (Å²) in [7, 11) is 0. The van der Waals surface area contributed by atoms with E-state index in [0.29, 0.717) is 13.0 Å². The zero-order chi connectivity index (χ0) is 17.0. The largest absolute Gasteiger partial charge is 0.395 e. The van der Waals surface area contributed by atoms with Crippen LogP contribution >= 0.6 is 0 Å². The van der Waals surface area contributed by atoms with Gasteiger partial charge in [0.2, 0.25) is 5.91 Å². The van der Waals surface area contributed by atoms with Gasteiger partial charge in [-0.3, -0.25) is 4.79 Å². The predicted octanol–water partition coefficient (Wildman–Crippen LogP) is 4.91. The van der Waals surface area contributed by atoms with Gasteiger partial charge in [0.05, 0.1) is 6.61 Å². The lowest BCUT2D eigenvalue weighted by atomic mass is 10.1. The zero-order valence-electron chi connectivity index (χ0n) is 15.1. The van der Waals surface area contributed by atoms with Gasteiger partial charge in [0.15, 0.2) is 0 Å². The first-order valence-corrected chi connectivity index (χ1v) is 9.48. The summed E-state index contributed by atoms with van der Waals surface area (Å²) in [5, 5.41) is 11.3. The fraction of sp³-hybridized carbons (Fsp3) is 0.750. The number of amides is 1. The summed E-state index contributed by atoms with van der Waals surface area (Å²) in [5.41, 5.74) is 0. The third-order valence-corrected chi connectivity index (χ3v) is 3.79. The number of rotatable bonds is 16. The number of unbranched alkanes of at least 4 members (excludes halogenated alkanes) is 8. The second-order valence-corrected chi connectivity index (χ2v) is 6.05. The maximum absolute atomic E-state index is 11.3. The standard InChI is InChI=1S/C20H37NO2/c1-2-3-4-5-6-7-8-9-10-11-12-13-14-15-16-17-20(23)21-18-19-22/h9-10,12-13,22H,2-8,11,14-19H2,1H3,(H,21,23)/b10-9-,13-12-. The molecular formula is C20H37NO2. The molecule has 0 aromatic rings. The Bertz CT molecular complexity index is 311. The Balaban J connectivity index is 3.27. The van der Waals surface area contributed by atoms with Gasteiger partial charge in [-0.25, -0.2) is 0 Å². The van der Waals surface area contributed by atoms with Crippen molar-refractivity contribution in [1.82, 2.24) is 5.32 Å². The van der Waals surface area contributed by atoms with Gasteiger partial charge < -0.3 is 10.4 Å². The van der Waals surface area contributed by atoms with E-state index in [4.69, 9.17) is 5.11 Å². The molecule has 0 heterocycles. The highest BCUT2D eigenvalue weighted by Gasteiger charge is 1.98. The van der Waals surface area contributed by atoms with Crippen molar-refractivity contribution in [3.05, 3.63) is 24.3 Å². The monoisotopic (exact) mass is 323 g/mol. The van der Waals surface area contributed by atoms with Crippen molar-refractivity contribution >= 4 is 5.91 Å². The molecule has 0 aliphatic rings. The minimum absolute atomic E-state index is 0.0147. The molecule has 0 aromatic carbocycles. The Labute approximate surface area is 143 Å². The van der Waals surface area contributed by atoms with E-state index in [2.05, 4.69) is 36.5 Å². The second kappa shape index (κ2) is 19.0. The third kappa shape index (κ3) is 18.9. The average molecular weight is 324 g/mol. The highest BCUT2D eigenvalue weighted by molar-refractivity contribution is 5.75. The Morgan fingerprint density at radius 1 is 0.870 bits per heavy atom. The third-order valence-electron chi connectivity index (χ3n) is 3.79. The summed E-state index contributed by atoms with van der Waals surface area (Å²) in [6.07, 6.45) is 22.9. The van der Waals surface area contributed by atoms with Crippen LogP contribution in [-0.2, 0) is 4.79 Å². The lowest BCUT2D eigenvalue weighted by Gasteiger charge is -2.01. The molecular weight excluding hydrogens is 286 g/mol. The first kappa shape index (κ1) is 21.9. The van der Waals surface area contributed by atoms with Crippen LogP contribution in [0.2, 0.25) is 0 Å². The summed E-state index contributed by atoms with van der Waals surface area (Å²) in [6, 6.07) is 0. The van der Waals surface area contributed by atoms with E-state index in [1.807, 2.05) is 0 Å². The predicted molar refractivity (Wildman–Crippen MR) is 99.5 cm³/mol. The molecule has 0 atom stereocenters. The number of aliphatic hydroxyl groups excluding tert-OH is 1. The van der Waals surface area contributed by atoms with E-state index in [0.717, 1.165) is 25.7 Å². The molecule has 3 nitrogen and oxygen atoms in total. The molecule has 0 unspecified atom stereocenters. The molecule has 2 N–H and O–H groups in total. The van der Waals surface area contributed by atoms with E-state index in [-0.39, 0.29) is 12.5 Å². The lowest BCUT2D eigenvalue weighted by Crippen LogP contribution is -2.25. The summed E-state index contributed by atoms with van der Waals surface area (Å²) in [4.78, 5) is 11.3. The molecule has 0 saturated heterocycles. The molecule has 23 heavy (non-hydrogen) atoms. The van der Waals surface area contributed by atoms with Gasteiger partial charge >= 0.3 is 0 Å². The minimum Gasteiger partial charge on any atom is -0.395 e. The number of carbonyl (C=O) groups excluding carboxylic acids is 1. The van der Waals surface area contributed by atoms with Gasteiger partial charge in [-0.1, -0.05) is 63.3 Å². The smallest absolute Gasteiger partial charge is 0.220 e. The van der Waals surface area contributed by atoms with Gasteiger partial charge in [0.1, 0.15) is 0 Å². The molecule has 0 fully saturated rings. The van der Waals surface area contributed by atoms with Gasteiger partial charge in [-0.05, 0) is 38.5 Å². The van der Waals surface area contributed by atoms with Crippen LogP contribution in [0.25, 0.3) is 0 Å². The molecule has 3 heteroatoms. The van der Waals surface area contributed by atoms with Gasteiger partial charge in [0.25, 0.3) is 0 Å². The first-order valence-electron chi connectivity index (χ1n) is 9.48. The van der Waals surface area contributed by atoms with Crippen LogP contribution in [0.3, 0.4) is 0 Å². The summed E-state index contributed by atoms with van der Waals surface area (Å²) in [5.74, 6) is 0.0423. The number of allylic oxidation sites excluding steroid dienone is 4. The molecule has 0 aliphatic carbocycles. The van der Waals surface area contributed by atoms with Gasteiger partial charge in [0, 0.05) is 13.0 Å². The lowest BCUT2D eigenvalue weighted by molar-refractivity contribution is -0.121. The van der Waals surface area contributed by atoms with Crippen LogP contribution in [0, 0.1) is 0 Å². The van der Waals surface area contributed by atoms with Crippen molar-refractivity contribution in [1.29, 1.82) is 0 Å². The van der Waals surface area contributed by atoms with Crippen molar-refractivity contribution in [2.45, 2.75) is 84.0 Å². The quantitative estimate of drug-likeness (QED) is 0.313. The molecule has 0 saturated carbocycles. The Hall–Kier alpha value is -1.09. The van der Waals surface area contributed by atoms with Gasteiger partial charge in [-0.2, -0.15) is 0 Å². The van der Waals surface area contributed by atoms with Crippen molar-refractivity contribution in [2.24, 2.45) is 0 Å². The molecule has 0 spiro atoms. The van der Waals surface area contributed by atoms with Crippen molar-refractivity contribution in [3.63, 3.8) is 0 Å². The van der Waals surface area contributed by atoms with Crippen LogP contribution in [0.15, 0.2) is 24.3 Å². The van der Waals surface area contributed by atoms with E-state index in [9.17, 15) is 4.79 Å². The molecule has 0 rings (SSSR count). The number of hydrogen-bond donors (Lipinski definition) is 2. The maximum atomic E-state index is 11.3. The highest BCUT2D eigenvalue weighted by Crippen LogP contribution is 2.07.